The van der Waals surface area contributed by atoms with Crippen LogP contribution in [0.1, 0.15) is 26.2 Å². The first kappa shape index (κ1) is 9.91. The summed E-state index contributed by atoms with van der Waals surface area (Å²) in [5.74, 6) is 1.41. The van der Waals surface area contributed by atoms with Crippen molar-refractivity contribution < 1.29 is 0 Å². The minimum atomic E-state index is -1.45. The maximum Gasteiger partial charge on any atom is -0.0304 e. The Balaban J connectivity index is 2.48. The van der Waals surface area contributed by atoms with Crippen LogP contribution < -0.4 is 0 Å². The zero-order chi connectivity index (χ0) is 9.10. The molecule has 1 aliphatic rings. The van der Waals surface area contributed by atoms with Crippen LogP contribution in [0.2, 0.25) is 0 Å². The minimum Gasteiger partial charge on any atom is -0.258 e. The quantitative estimate of drug-likeness (QED) is 0.504. The number of unbranched alkanes of at least 4 members (excludes halogenated alkanes) is 2. The van der Waals surface area contributed by atoms with Crippen molar-refractivity contribution in [2.75, 3.05) is 18.3 Å². The van der Waals surface area contributed by atoms with Crippen LogP contribution in [-0.2, 0) is 0 Å². The first-order chi connectivity index (χ1) is 5.55. The predicted molar refractivity (Wildman–Crippen MR) is 63.5 cm³/mol. The van der Waals surface area contributed by atoms with Gasteiger partial charge in [-0.05, 0) is 24.7 Å². The highest BCUT2D eigenvalue weighted by atomic mass is 32.3. The Morgan fingerprint density at radius 1 is 1.00 bits per heavy atom. The largest absolute Gasteiger partial charge is 0.258 e. The first-order valence-electron chi connectivity index (χ1n) is 4.93. The van der Waals surface area contributed by atoms with Crippen molar-refractivity contribution in [3.8, 4) is 0 Å². The van der Waals surface area contributed by atoms with Crippen molar-refractivity contribution in [1.82, 2.24) is 0 Å². The van der Waals surface area contributed by atoms with Gasteiger partial charge in [-0.3, -0.25) is 9.16 Å². The number of rotatable bonds is 4. The SMILES string of the molecule is CCCCC[SH]1(C)(C)C=CC=C1. The van der Waals surface area contributed by atoms with Crippen molar-refractivity contribution in [3.05, 3.63) is 23.0 Å². The summed E-state index contributed by atoms with van der Waals surface area (Å²) >= 11 is 0. The second-order valence-corrected chi connectivity index (χ2v) is 11.0. The molecule has 0 spiro atoms. The third kappa shape index (κ3) is 2.41. The van der Waals surface area contributed by atoms with Gasteiger partial charge in [0.1, 0.15) is 0 Å². The van der Waals surface area contributed by atoms with Gasteiger partial charge >= 0.3 is 0 Å². The summed E-state index contributed by atoms with van der Waals surface area (Å²) in [6.07, 6.45) is 13.5. The van der Waals surface area contributed by atoms with E-state index in [9.17, 15) is 0 Å². The Morgan fingerprint density at radius 2 is 1.58 bits per heavy atom. The van der Waals surface area contributed by atoms with Crippen LogP contribution in [0.3, 0.4) is 0 Å². The van der Waals surface area contributed by atoms with Gasteiger partial charge in [0.25, 0.3) is 0 Å². The molecule has 0 atom stereocenters. The van der Waals surface area contributed by atoms with Gasteiger partial charge in [-0.1, -0.05) is 42.7 Å². The smallest absolute Gasteiger partial charge is 0.0304 e. The van der Waals surface area contributed by atoms with E-state index in [0.29, 0.717) is 0 Å². The zero-order valence-electron chi connectivity index (χ0n) is 8.59. The fourth-order valence-electron chi connectivity index (χ4n) is 1.72. The molecule has 0 aromatic rings. The van der Waals surface area contributed by atoms with Crippen molar-refractivity contribution in [1.29, 1.82) is 0 Å². The highest BCUT2D eigenvalue weighted by Gasteiger charge is 2.25. The standard InChI is InChI=1S/C11H22S/c1-4-5-6-9-12(2,3)10-7-8-11-12/h7-8,10-12H,4-6,9H2,1-3H3. The lowest BCUT2D eigenvalue weighted by molar-refractivity contribution is 0.776. The summed E-state index contributed by atoms with van der Waals surface area (Å²) < 4.78 is 0. The summed E-state index contributed by atoms with van der Waals surface area (Å²) in [4.78, 5) is 0. The van der Waals surface area contributed by atoms with Gasteiger partial charge in [0.15, 0.2) is 0 Å². The molecule has 1 aliphatic heterocycles. The summed E-state index contributed by atoms with van der Waals surface area (Å²) in [5.41, 5.74) is 0. The number of hydrogen-bond acceptors (Lipinski definition) is 0. The second-order valence-electron chi connectivity index (χ2n) is 4.74. The maximum absolute atomic E-state index is 2.46. The molecule has 0 N–H and O–H groups in total. The summed E-state index contributed by atoms with van der Waals surface area (Å²) in [7, 11) is -1.45. The molecule has 0 aromatic heterocycles. The number of thiol groups is 1. The summed E-state index contributed by atoms with van der Waals surface area (Å²) in [6.45, 7) is 2.27. The highest BCUT2D eigenvalue weighted by molar-refractivity contribution is 8.53. The molecule has 0 saturated carbocycles. The van der Waals surface area contributed by atoms with Crippen molar-refractivity contribution >= 4 is 9.16 Å². The monoisotopic (exact) mass is 186 g/mol. The van der Waals surface area contributed by atoms with Crippen LogP contribution in [0, 0.1) is 0 Å². The molecule has 0 amide bonds. The van der Waals surface area contributed by atoms with Gasteiger partial charge < -0.3 is 0 Å². The van der Waals surface area contributed by atoms with Crippen LogP contribution in [0.25, 0.3) is 0 Å². The Bertz CT molecular complexity index is 195. The van der Waals surface area contributed by atoms with Crippen molar-refractivity contribution in [3.63, 3.8) is 0 Å². The molecule has 0 saturated heterocycles. The molecule has 12 heavy (non-hydrogen) atoms. The molecule has 1 heteroatoms. The Hall–Kier alpha value is -0.170. The van der Waals surface area contributed by atoms with E-state index in [1.807, 2.05) is 0 Å². The molecule has 0 fully saturated rings. The minimum absolute atomic E-state index is 1.33. The van der Waals surface area contributed by atoms with Gasteiger partial charge in [0, 0.05) is 0 Å². The molecule has 1 rings (SSSR count). The van der Waals surface area contributed by atoms with E-state index in [0.717, 1.165) is 0 Å². The molecule has 0 nitrogen and oxygen atoms in total. The first-order valence-corrected chi connectivity index (χ1v) is 8.39. The predicted octanol–water partition coefficient (Wildman–Crippen LogP) is 3.55. The number of allylic oxidation sites excluding steroid dienone is 2. The van der Waals surface area contributed by atoms with Crippen LogP contribution in [0.4, 0.5) is 0 Å². The molecule has 0 unspecified atom stereocenters. The molecule has 0 aliphatic carbocycles. The molecule has 0 aromatic carbocycles. The molecular formula is C11H22S. The van der Waals surface area contributed by atoms with E-state index < -0.39 is 9.16 Å². The van der Waals surface area contributed by atoms with Crippen LogP contribution in [0.5, 0.6) is 0 Å². The lowest BCUT2D eigenvalue weighted by Crippen LogP contribution is -2.11. The molecule has 0 radical (unpaired) electrons. The van der Waals surface area contributed by atoms with Crippen LogP contribution in [-0.4, -0.2) is 18.3 Å². The Kier molecular flexibility index (Phi) is 2.72. The van der Waals surface area contributed by atoms with E-state index >= 15 is 0 Å². The van der Waals surface area contributed by atoms with Crippen LogP contribution in [0.15, 0.2) is 23.0 Å². The van der Waals surface area contributed by atoms with Crippen LogP contribution >= 0.6 is 9.16 Å². The Morgan fingerprint density at radius 3 is 2.08 bits per heavy atom. The molecule has 72 valence electrons. The fourth-order valence-corrected chi connectivity index (χ4v) is 4.67. The molecule has 1 heterocycles. The molecule has 0 bridgehead atoms. The van der Waals surface area contributed by atoms with Gasteiger partial charge in [-0.25, -0.2) is 0 Å². The van der Waals surface area contributed by atoms with Gasteiger partial charge in [0.05, 0.1) is 0 Å². The molecular weight excluding hydrogens is 164 g/mol. The van der Waals surface area contributed by atoms with Crippen molar-refractivity contribution in [2.45, 2.75) is 26.2 Å². The normalized spacial score (nSPS) is 26.8. The van der Waals surface area contributed by atoms with Gasteiger partial charge in [-0.15, -0.1) is 0 Å². The van der Waals surface area contributed by atoms with Gasteiger partial charge in [-0.2, -0.15) is 0 Å². The van der Waals surface area contributed by atoms with E-state index in [4.69, 9.17) is 0 Å². The number of hydrogen-bond donors (Lipinski definition) is 1. The maximum atomic E-state index is 2.46. The van der Waals surface area contributed by atoms with E-state index in [2.05, 4.69) is 42.4 Å². The summed E-state index contributed by atoms with van der Waals surface area (Å²) in [6, 6.07) is 0. The van der Waals surface area contributed by atoms with E-state index in [-0.39, 0.29) is 0 Å². The average molecular weight is 186 g/mol. The Labute approximate surface area is 77.0 Å². The third-order valence-electron chi connectivity index (χ3n) is 2.73. The summed E-state index contributed by atoms with van der Waals surface area (Å²) in [5, 5.41) is 4.92. The average Bonchev–Trinajstić information content (AvgIpc) is 2.33. The fraction of sp³-hybridized carbons (Fsp3) is 0.636. The third-order valence-corrected chi connectivity index (χ3v) is 6.76. The zero-order valence-corrected chi connectivity index (χ0v) is 9.48. The van der Waals surface area contributed by atoms with E-state index in [1.165, 1.54) is 25.0 Å². The van der Waals surface area contributed by atoms with Gasteiger partial charge in [0.2, 0.25) is 0 Å². The lowest BCUT2D eigenvalue weighted by Gasteiger charge is -2.48. The lowest BCUT2D eigenvalue weighted by atomic mass is 10.3. The van der Waals surface area contributed by atoms with Crippen molar-refractivity contribution in [2.24, 2.45) is 0 Å². The van der Waals surface area contributed by atoms with E-state index in [1.54, 1.807) is 0 Å². The second kappa shape index (κ2) is 3.29. The highest BCUT2D eigenvalue weighted by Crippen LogP contribution is 2.68. The topological polar surface area (TPSA) is 0 Å².